The zero-order chi connectivity index (χ0) is 22.3. The number of piperidine rings is 1. The average Bonchev–Trinajstić information content (AvgIpc) is 2.69. The van der Waals surface area contributed by atoms with Gasteiger partial charge < -0.3 is 14.4 Å². The second-order valence-corrected chi connectivity index (χ2v) is 6.88. The van der Waals surface area contributed by atoms with Crippen molar-refractivity contribution in [2.24, 2.45) is 11.0 Å². The molecule has 1 aliphatic rings. The second kappa shape index (κ2) is 10.5. The fraction of sp³-hybridized carbons (Fsp3) is 0.526. The monoisotopic (exact) mass is 449 g/mol. The van der Waals surface area contributed by atoms with Crippen molar-refractivity contribution < 1.29 is 32.2 Å². The number of hydrogen-bond acceptors (Lipinski definition) is 6. The molecule has 1 aromatic carbocycles. The summed E-state index contributed by atoms with van der Waals surface area (Å²) in [6.07, 6.45) is -3.66. The fourth-order valence-corrected chi connectivity index (χ4v) is 3.09. The summed E-state index contributed by atoms with van der Waals surface area (Å²) in [5.41, 5.74) is 1.43. The quantitative estimate of drug-likeness (QED) is 0.317. The lowest BCUT2D eigenvalue weighted by atomic mass is 9.97. The van der Waals surface area contributed by atoms with E-state index in [0.717, 1.165) is 18.2 Å². The number of benzene rings is 1. The zero-order valence-electron chi connectivity index (χ0n) is 16.6. The number of amidine groups is 1. The van der Waals surface area contributed by atoms with Crippen LogP contribution < -0.4 is 5.43 Å². The van der Waals surface area contributed by atoms with Gasteiger partial charge in [-0.05, 0) is 44.9 Å². The molecule has 1 aromatic rings. The molecular weight excluding hydrogens is 427 g/mol. The lowest BCUT2D eigenvalue weighted by Crippen LogP contribution is -2.44. The van der Waals surface area contributed by atoms with E-state index in [2.05, 4.69) is 10.5 Å². The summed E-state index contributed by atoms with van der Waals surface area (Å²) in [5.74, 6) is -1.41. The van der Waals surface area contributed by atoms with Gasteiger partial charge in [-0.2, -0.15) is 13.2 Å². The Morgan fingerprint density at radius 2 is 1.83 bits per heavy atom. The van der Waals surface area contributed by atoms with Crippen LogP contribution in [0.1, 0.15) is 32.3 Å². The molecule has 0 radical (unpaired) electrons. The van der Waals surface area contributed by atoms with Crippen LogP contribution >= 0.6 is 11.6 Å². The van der Waals surface area contributed by atoms with Crippen LogP contribution in [0.2, 0.25) is 5.02 Å². The van der Waals surface area contributed by atoms with Crippen LogP contribution in [0.3, 0.4) is 0 Å². The Bertz CT molecular complexity index is 794. The average molecular weight is 450 g/mol. The smallest absolute Gasteiger partial charge is 0.416 e. The molecule has 0 spiro atoms. The molecule has 0 aliphatic carbocycles. The van der Waals surface area contributed by atoms with Crippen molar-refractivity contribution in [2.75, 3.05) is 31.7 Å². The van der Waals surface area contributed by atoms with Crippen molar-refractivity contribution >= 4 is 35.1 Å². The van der Waals surface area contributed by atoms with Gasteiger partial charge in [0.2, 0.25) is 5.84 Å². The number of halogens is 4. The molecule has 0 unspecified atom stereocenters. The molecule has 30 heavy (non-hydrogen) atoms. The summed E-state index contributed by atoms with van der Waals surface area (Å²) in [5, 5.41) is 3.99. The molecular formula is C19H23ClF3N3O4. The number of alkyl halides is 3. The van der Waals surface area contributed by atoms with Crippen LogP contribution in [0.15, 0.2) is 23.3 Å². The van der Waals surface area contributed by atoms with Gasteiger partial charge in [-0.15, -0.1) is 5.10 Å². The zero-order valence-corrected chi connectivity index (χ0v) is 17.3. The highest BCUT2D eigenvalue weighted by Gasteiger charge is 2.32. The molecule has 0 amide bonds. The fourth-order valence-electron chi connectivity index (χ4n) is 2.93. The summed E-state index contributed by atoms with van der Waals surface area (Å²) in [7, 11) is 0. The predicted octanol–water partition coefficient (Wildman–Crippen LogP) is 3.92. The Kier molecular flexibility index (Phi) is 8.33. The van der Waals surface area contributed by atoms with Gasteiger partial charge in [0.05, 0.1) is 35.4 Å². The third-order valence-corrected chi connectivity index (χ3v) is 4.78. The summed E-state index contributed by atoms with van der Waals surface area (Å²) in [6.45, 7) is 4.40. The van der Waals surface area contributed by atoms with Crippen molar-refractivity contribution in [3.05, 3.63) is 28.8 Å². The summed E-state index contributed by atoms with van der Waals surface area (Å²) in [4.78, 5) is 25.9. The maximum Gasteiger partial charge on any atom is 0.416 e. The van der Waals surface area contributed by atoms with Gasteiger partial charge in [-0.3, -0.25) is 10.2 Å². The Hall–Kier alpha value is -2.49. The summed E-state index contributed by atoms with van der Waals surface area (Å²) < 4.78 is 48.9. The van der Waals surface area contributed by atoms with E-state index >= 15 is 0 Å². The molecule has 0 bridgehead atoms. The minimum atomic E-state index is -4.55. The van der Waals surface area contributed by atoms with Crippen molar-refractivity contribution in [3.63, 3.8) is 0 Å². The van der Waals surface area contributed by atoms with Crippen molar-refractivity contribution in [1.29, 1.82) is 0 Å². The Balaban J connectivity index is 2.19. The number of nitrogens with zero attached hydrogens (tertiary/aromatic N) is 2. The molecule has 0 atom stereocenters. The number of esters is 2. The number of anilines is 1. The van der Waals surface area contributed by atoms with Crippen LogP contribution in [0.4, 0.5) is 18.9 Å². The van der Waals surface area contributed by atoms with E-state index in [1.165, 1.54) is 0 Å². The third kappa shape index (κ3) is 6.25. The van der Waals surface area contributed by atoms with Gasteiger partial charge >= 0.3 is 18.1 Å². The van der Waals surface area contributed by atoms with Gasteiger partial charge in [0.15, 0.2) is 0 Å². The van der Waals surface area contributed by atoms with E-state index in [-0.39, 0.29) is 41.6 Å². The molecule has 1 fully saturated rings. The summed E-state index contributed by atoms with van der Waals surface area (Å²) in [6, 6.07) is 2.75. The number of likely N-dealkylation sites (tertiary alicyclic amines) is 1. The van der Waals surface area contributed by atoms with E-state index in [4.69, 9.17) is 21.1 Å². The SMILES string of the molecule is CCOC(=O)/C(=N/Nc1cc(C(F)(F)F)ccc1Cl)N1CCC(C(=O)OCC)CC1. The minimum Gasteiger partial charge on any atom is -0.466 e. The largest absolute Gasteiger partial charge is 0.466 e. The van der Waals surface area contributed by atoms with Crippen molar-refractivity contribution in [2.45, 2.75) is 32.9 Å². The number of rotatable bonds is 5. The van der Waals surface area contributed by atoms with Crippen LogP contribution in [-0.4, -0.2) is 49.0 Å². The number of nitrogens with one attached hydrogen (secondary N) is 1. The molecule has 1 heterocycles. The number of carbonyl (C=O) groups excluding carboxylic acids is 2. The molecule has 0 saturated carbocycles. The topological polar surface area (TPSA) is 80.2 Å². The minimum absolute atomic E-state index is 0.0102. The van der Waals surface area contributed by atoms with Gasteiger partial charge in [0.1, 0.15) is 0 Å². The number of ether oxygens (including phenoxy) is 2. The first-order chi connectivity index (χ1) is 14.2. The predicted molar refractivity (Wildman–Crippen MR) is 105 cm³/mol. The lowest BCUT2D eigenvalue weighted by molar-refractivity contribution is -0.149. The van der Waals surface area contributed by atoms with Gasteiger partial charge in [0, 0.05) is 13.1 Å². The van der Waals surface area contributed by atoms with E-state index in [1.807, 2.05) is 0 Å². The first-order valence-electron chi connectivity index (χ1n) is 9.46. The van der Waals surface area contributed by atoms with Crippen LogP contribution in [0, 0.1) is 5.92 Å². The van der Waals surface area contributed by atoms with Crippen molar-refractivity contribution in [3.8, 4) is 0 Å². The molecule has 1 saturated heterocycles. The molecule has 1 N–H and O–H groups in total. The maximum atomic E-state index is 12.9. The van der Waals surface area contributed by atoms with Gasteiger partial charge in [-0.1, -0.05) is 11.6 Å². The van der Waals surface area contributed by atoms with Gasteiger partial charge in [-0.25, -0.2) is 4.79 Å². The first kappa shape index (κ1) is 23.8. The van der Waals surface area contributed by atoms with Crippen molar-refractivity contribution in [1.82, 2.24) is 4.90 Å². The van der Waals surface area contributed by atoms with Crippen LogP contribution in [0.5, 0.6) is 0 Å². The van der Waals surface area contributed by atoms with Crippen LogP contribution in [0.25, 0.3) is 0 Å². The number of carbonyl (C=O) groups is 2. The Morgan fingerprint density at radius 3 is 2.40 bits per heavy atom. The highest BCUT2D eigenvalue weighted by molar-refractivity contribution is 6.35. The van der Waals surface area contributed by atoms with E-state index < -0.39 is 17.7 Å². The molecule has 11 heteroatoms. The normalized spacial score (nSPS) is 15.7. The molecule has 2 rings (SSSR count). The Labute approximate surface area is 177 Å². The first-order valence-corrected chi connectivity index (χ1v) is 9.84. The molecule has 0 aromatic heterocycles. The lowest BCUT2D eigenvalue weighted by Gasteiger charge is -2.32. The maximum absolute atomic E-state index is 12.9. The molecule has 1 aliphatic heterocycles. The molecule has 166 valence electrons. The van der Waals surface area contributed by atoms with E-state index in [9.17, 15) is 22.8 Å². The standard InChI is InChI=1S/C19H23ClF3N3O4/c1-3-29-17(27)12-7-9-26(10-8-12)16(18(28)30-4-2)25-24-15-11-13(19(21,22)23)5-6-14(15)20/h5-6,11-12,24H,3-4,7-10H2,1-2H3/b25-16-. The van der Waals surface area contributed by atoms with E-state index in [1.54, 1.807) is 18.7 Å². The Morgan fingerprint density at radius 1 is 1.20 bits per heavy atom. The molecule has 7 nitrogen and oxygen atoms in total. The summed E-state index contributed by atoms with van der Waals surface area (Å²) >= 11 is 5.96. The van der Waals surface area contributed by atoms with Crippen LogP contribution in [-0.2, 0) is 25.2 Å². The van der Waals surface area contributed by atoms with E-state index in [0.29, 0.717) is 25.9 Å². The van der Waals surface area contributed by atoms with Gasteiger partial charge in [0.25, 0.3) is 0 Å². The third-order valence-electron chi connectivity index (χ3n) is 4.45. The number of hydrogen-bond donors (Lipinski definition) is 1. The highest BCUT2D eigenvalue weighted by Crippen LogP contribution is 2.33. The number of hydrazone groups is 1. The highest BCUT2D eigenvalue weighted by atomic mass is 35.5. The second-order valence-electron chi connectivity index (χ2n) is 6.47.